The molecule has 0 bridgehead atoms. The van der Waals surface area contributed by atoms with E-state index < -0.39 is 16.9 Å². The predicted octanol–water partition coefficient (Wildman–Crippen LogP) is 2.41. The molecule has 0 aromatic rings. The molecule has 4 atom stereocenters. The summed E-state index contributed by atoms with van der Waals surface area (Å²) in [5.41, 5.74) is -0.385. The highest BCUT2D eigenvalue weighted by Crippen LogP contribution is 2.25. The average molecular weight is 347 g/mol. The van der Waals surface area contributed by atoms with Gasteiger partial charge in [-0.05, 0) is 18.8 Å². The van der Waals surface area contributed by atoms with Gasteiger partial charge >= 0.3 is 6.03 Å². The second-order valence-electron chi connectivity index (χ2n) is 7.60. The van der Waals surface area contributed by atoms with E-state index in [1.54, 1.807) is 0 Å². The van der Waals surface area contributed by atoms with Crippen LogP contribution >= 0.6 is 0 Å². The van der Waals surface area contributed by atoms with Gasteiger partial charge in [0.05, 0.1) is 11.4 Å². The lowest BCUT2D eigenvalue weighted by molar-refractivity contribution is 0.0151. The number of amides is 2. The molecule has 0 radical (unpaired) electrons. The zero-order valence-electron chi connectivity index (χ0n) is 15.2. The molecule has 6 heteroatoms. The fourth-order valence-corrected chi connectivity index (χ4v) is 4.75. The first kappa shape index (κ1) is 20.4. The van der Waals surface area contributed by atoms with E-state index in [0.29, 0.717) is 12.3 Å². The Balaban J connectivity index is 2.53. The summed E-state index contributed by atoms with van der Waals surface area (Å²) >= 11 is 0. The molecule has 0 unspecified atom stereocenters. The van der Waals surface area contributed by atoms with E-state index in [0.717, 1.165) is 25.7 Å². The van der Waals surface area contributed by atoms with Crippen molar-refractivity contribution in [3.63, 3.8) is 0 Å². The number of aliphatic hydroxyl groups is 1. The van der Waals surface area contributed by atoms with E-state index in [1.165, 1.54) is 0 Å². The first-order valence-electron chi connectivity index (χ1n) is 8.78. The first-order valence-corrected chi connectivity index (χ1v) is 10.2. The largest absolute Gasteiger partial charge is 0.392 e. The maximum absolute atomic E-state index is 12.2. The van der Waals surface area contributed by atoms with Crippen LogP contribution in [0, 0.1) is 11.3 Å². The molecule has 1 fully saturated rings. The summed E-state index contributed by atoms with van der Waals surface area (Å²) in [6.45, 7) is 10.2. The zero-order valence-corrected chi connectivity index (χ0v) is 16.0. The third kappa shape index (κ3) is 6.07. The molecular formula is C17H34N2O3S. The SMILES string of the molecule is CC[S@@](=O)[C@H]1CCCC[C@@H]1NC(=O)NCC(C)(C)[C@@H](O)C(C)C. The minimum Gasteiger partial charge on any atom is -0.392 e. The van der Waals surface area contributed by atoms with E-state index in [-0.39, 0.29) is 28.7 Å². The minimum absolute atomic E-state index is 0.0114. The lowest BCUT2D eigenvalue weighted by Crippen LogP contribution is -2.53. The van der Waals surface area contributed by atoms with Gasteiger partial charge in [0.25, 0.3) is 0 Å². The van der Waals surface area contributed by atoms with E-state index in [9.17, 15) is 14.1 Å². The van der Waals surface area contributed by atoms with Gasteiger partial charge in [0.2, 0.25) is 0 Å². The number of carbonyl (C=O) groups is 1. The van der Waals surface area contributed by atoms with Gasteiger partial charge < -0.3 is 15.7 Å². The van der Waals surface area contributed by atoms with Gasteiger partial charge in [0, 0.05) is 34.6 Å². The van der Waals surface area contributed by atoms with Crippen molar-refractivity contribution in [2.75, 3.05) is 12.3 Å². The second-order valence-corrected chi connectivity index (χ2v) is 9.55. The van der Waals surface area contributed by atoms with Gasteiger partial charge in [-0.1, -0.05) is 47.5 Å². The van der Waals surface area contributed by atoms with Crippen LogP contribution in [0.4, 0.5) is 4.79 Å². The summed E-state index contributed by atoms with van der Waals surface area (Å²) < 4.78 is 12.1. The number of urea groups is 1. The number of hydrogen-bond acceptors (Lipinski definition) is 3. The highest BCUT2D eigenvalue weighted by atomic mass is 32.2. The van der Waals surface area contributed by atoms with Gasteiger partial charge in [0.15, 0.2) is 0 Å². The van der Waals surface area contributed by atoms with Crippen molar-refractivity contribution >= 4 is 16.8 Å². The molecule has 23 heavy (non-hydrogen) atoms. The standard InChI is InChI=1S/C17H34N2O3S/c1-6-23(22)14-10-8-7-9-13(14)19-16(21)18-11-17(4,5)15(20)12(2)3/h12-15,20H,6-11H2,1-5H3,(H2,18,19,21)/t13-,14-,15-,23+/m0/s1. The number of aliphatic hydroxyl groups excluding tert-OH is 1. The summed E-state index contributed by atoms with van der Waals surface area (Å²) in [7, 11) is -0.877. The monoisotopic (exact) mass is 346 g/mol. The van der Waals surface area contributed by atoms with E-state index >= 15 is 0 Å². The third-order valence-electron chi connectivity index (χ3n) is 4.78. The lowest BCUT2D eigenvalue weighted by atomic mass is 9.81. The molecule has 0 spiro atoms. The molecular weight excluding hydrogens is 312 g/mol. The van der Waals surface area contributed by atoms with Crippen molar-refractivity contribution in [3.05, 3.63) is 0 Å². The first-order chi connectivity index (χ1) is 10.7. The van der Waals surface area contributed by atoms with Gasteiger partial charge in [0.1, 0.15) is 0 Å². The summed E-state index contributed by atoms with van der Waals surface area (Å²) in [4.78, 5) is 12.2. The van der Waals surface area contributed by atoms with E-state index in [4.69, 9.17) is 0 Å². The van der Waals surface area contributed by atoms with Crippen molar-refractivity contribution in [1.29, 1.82) is 0 Å². The minimum atomic E-state index is -0.877. The van der Waals surface area contributed by atoms with Crippen molar-refractivity contribution in [2.24, 2.45) is 11.3 Å². The molecule has 1 rings (SSSR count). The quantitative estimate of drug-likeness (QED) is 0.662. The summed E-state index contributed by atoms with van der Waals surface area (Å²) in [6, 6.07) is -0.235. The van der Waals surface area contributed by atoms with E-state index in [1.807, 2.05) is 34.6 Å². The highest BCUT2D eigenvalue weighted by Gasteiger charge is 2.32. The van der Waals surface area contributed by atoms with Crippen LogP contribution in [-0.4, -0.2) is 45.0 Å². The molecule has 3 N–H and O–H groups in total. The normalized spacial score (nSPS) is 25.0. The molecule has 0 heterocycles. The Hall–Kier alpha value is -0.620. The van der Waals surface area contributed by atoms with Crippen LogP contribution in [0.3, 0.4) is 0 Å². The smallest absolute Gasteiger partial charge is 0.315 e. The molecule has 2 amide bonds. The molecule has 5 nitrogen and oxygen atoms in total. The second kappa shape index (κ2) is 9.02. The Bertz CT molecular complexity index is 413. The zero-order chi connectivity index (χ0) is 17.6. The van der Waals surface area contributed by atoms with Crippen LogP contribution in [0.25, 0.3) is 0 Å². The van der Waals surface area contributed by atoms with Gasteiger partial charge in [-0.2, -0.15) is 0 Å². The van der Waals surface area contributed by atoms with Crippen LogP contribution in [-0.2, 0) is 10.8 Å². The van der Waals surface area contributed by atoms with Gasteiger partial charge in [-0.25, -0.2) is 4.79 Å². The number of hydrogen-bond donors (Lipinski definition) is 3. The average Bonchev–Trinajstić information content (AvgIpc) is 2.52. The van der Waals surface area contributed by atoms with E-state index in [2.05, 4.69) is 10.6 Å². The number of rotatable bonds is 7. The fraction of sp³-hybridized carbons (Fsp3) is 0.941. The summed E-state index contributed by atoms with van der Waals surface area (Å²) in [5, 5.41) is 16.2. The topological polar surface area (TPSA) is 78.4 Å². The molecule has 0 aromatic carbocycles. The molecule has 0 aliphatic heterocycles. The Morgan fingerprint density at radius 3 is 2.48 bits per heavy atom. The molecule has 1 aliphatic rings. The molecule has 136 valence electrons. The van der Waals surface area contributed by atoms with Crippen LogP contribution < -0.4 is 10.6 Å². The third-order valence-corrected chi connectivity index (χ3v) is 6.59. The van der Waals surface area contributed by atoms with Crippen LogP contribution in [0.1, 0.15) is 60.3 Å². The highest BCUT2D eigenvalue weighted by molar-refractivity contribution is 7.85. The summed E-state index contributed by atoms with van der Waals surface area (Å²) in [5.74, 6) is 0.780. The Morgan fingerprint density at radius 1 is 1.30 bits per heavy atom. The molecule has 0 saturated heterocycles. The van der Waals surface area contributed by atoms with Crippen LogP contribution in [0.15, 0.2) is 0 Å². The van der Waals surface area contributed by atoms with Crippen molar-refractivity contribution in [1.82, 2.24) is 10.6 Å². The number of carbonyl (C=O) groups excluding carboxylic acids is 1. The van der Waals surface area contributed by atoms with Gasteiger partial charge in [-0.3, -0.25) is 4.21 Å². The van der Waals surface area contributed by atoms with Crippen LogP contribution in [0.2, 0.25) is 0 Å². The molecule has 1 saturated carbocycles. The Labute approximate surface area is 143 Å². The maximum atomic E-state index is 12.2. The molecule has 1 aliphatic carbocycles. The summed E-state index contributed by atoms with van der Waals surface area (Å²) in [6.07, 6.45) is 3.49. The van der Waals surface area contributed by atoms with Crippen LogP contribution in [0.5, 0.6) is 0 Å². The Morgan fingerprint density at radius 2 is 1.91 bits per heavy atom. The number of nitrogens with one attached hydrogen (secondary N) is 2. The van der Waals surface area contributed by atoms with Gasteiger partial charge in [-0.15, -0.1) is 0 Å². The van der Waals surface area contributed by atoms with Crippen molar-refractivity contribution < 1.29 is 14.1 Å². The van der Waals surface area contributed by atoms with Crippen molar-refractivity contribution in [2.45, 2.75) is 77.7 Å². The Kier molecular flexibility index (Phi) is 8.01. The predicted molar refractivity (Wildman–Crippen MR) is 95.9 cm³/mol. The van der Waals surface area contributed by atoms with Crippen molar-refractivity contribution in [3.8, 4) is 0 Å². The lowest BCUT2D eigenvalue weighted by Gasteiger charge is -2.34. The fourth-order valence-electron chi connectivity index (χ4n) is 3.33. The molecule has 0 aromatic heterocycles. The maximum Gasteiger partial charge on any atom is 0.315 e.